The Morgan fingerprint density at radius 3 is 1.81 bits per heavy atom. The number of halogens is 2. The fourth-order valence-corrected chi connectivity index (χ4v) is 10.4. The van der Waals surface area contributed by atoms with Gasteiger partial charge in [0, 0.05) is 83.7 Å². The van der Waals surface area contributed by atoms with Crippen molar-refractivity contribution in [1.82, 2.24) is 14.1 Å². The van der Waals surface area contributed by atoms with Crippen LogP contribution in [0.2, 0.25) is 0 Å². The van der Waals surface area contributed by atoms with Gasteiger partial charge in [-0.3, -0.25) is 0 Å². The van der Waals surface area contributed by atoms with Gasteiger partial charge in [-0.05, 0) is 112 Å². The summed E-state index contributed by atoms with van der Waals surface area (Å²) in [7, 11) is 0. The van der Waals surface area contributed by atoms with Crippen molar-refractivity contribution in [3.63, 3.8) is 0 Å². The largest absolute Gasteiger partial charge is 0.509 e. The van der Waals surface area contributed by atoms with Crippen molar-refractivity contribution < 1.29 is 34.6 Å². The molecule has 3 aromatic heterocycles. The molecule has 0 N–H and O–H groups in total. The zero-order chi connectivity index (χ0) is 48.7. The van der Waals surface area contributed by atoms with E-state index in [-0.39, 0.29) is 38.8 Å². The number of anilines is 4. The van der Waals surface area contributed by atoms with E-state index in [2.05, 4.69) is 195 Å². The van der Waals surface area contributed by atoms with Gasteiger partial charge in [0.05, 0.1) is 11.0 Å². The predicted octanol–water partition coefficient (Wildman–Crippen LogP) is 17.4. The first kappa shape index (κ1) is 46.8. The molecular formula is C63H50F2N5OPt-3. The minimum atomic E-state index is -0.600. The summed E-state index contributed by atoms with van der Waals surface area (Å²) in [5.41, 5.74) is 13.1. The van der Waals surface area contributed by atoms with Gasteiger partial charge in [-0.1, -0.05) is 125 Å². The average molecular weight is 1130 g/mol. The summed E-state index contributed by atoms with van der Waals surface area (Å²) in [4.78, 5) is 9.26. The van der Waals surface area contributed by atoms with Gasteiger partial charge < -0.3 is 23.7 Å². The first-order valence-electron chi connectivity index (χ1n) is 24.3. The number of para-hydroxylation sites is 3. The average Bonchev–Trinajstić information content (AvgIpc) is 4.04. The standard InChI is InChI=1S/C63H50F2N5O.Pt/c1-38(2)41-22-27-59-61(31-41)68(63-53(39(3)4)29-42(30-54(63)40(5)6)48-25-23-43(64)32-55(48)65)37-67(59)44-33-45(69-56-18-10-7-15-49(56)50-16-8-11-19-57(50)69)35-47(34-44)71-46-24-26-52-51-17-9-12-20-58(51)70(60(52)36-46)62-21-13-14-28-66-62;/h7-33,35,37-40H,1-6H3;/q-3;. The van der Waals surface area contributed by atoms with Crippen molar-refractivity contribution in [3.8, 4) is 34.1 Å². The summed E-state index contributed by atoms with van der Waals surface area (Å²) >= 11 is 0. The number of rotatable bonds is 10. The molecule has 0 saturated carbocycles. The van der Waals surface area contributed by atoms with Crippen LogP contribution in [-0.4, -0.2) is 14.1 Å². The Balaban J connectivity index is 0.00000560. The Morgan fingerprint density at radius 2 is 1.18 bits per heavy atom. The number of hydrogen-bond acceptors (Lipinski definition) is 4. The van der Waals surface area contributed by atoms with Crippen LogP contribution in [-0.2, 0) is 21.1 Å². The molecule has 1 aliphatic rings. The maximum absolute atomic E-state index is 15.6. The molecule has 0 spiro atoms. The van der Waals surface area contributed by atoms with E-state index in [9.17, 15) is 4.39 Å². The van der Waals surface area contributed by atoms with E-state index in [0.29, 0.717) is 17.1 Å². The van der Waals surface area contributed by atoms with Gasteiger partial charge in [0.25, 0.3) is 0 Å². The minimum Gasteiger partial charge on any atom is -0.509 e. The van der Waals surface area contributed by atoms with Gasteiger partial charge in [-0.15, -0.1) is 42.4 Å². The van der Waals surface area contributed by atoms with E-state index in [1.807, 2.05) is 36.5 Å². The quantitative estimate of drug-likeness (QED) is 0.128. The van der Waals surface area contributed by atoms with Crippen LogP contribution in [0.5, 0.6) is 11.5 Å². The summed E-state index contributed by atoms with van der Waals surface area (Å²) in [5.74, 6) is 1.04. The summed E-state index contributed by atoms with van der Waals surface area (Å²) in [6.07, 6.45) is 1.81. The molecule has 1 aliphatic heterocycles. The molecule has 0 bridgehead atoms. The third-order valence-corrected chi connectivity index (χ3v) is 13.9. The fraction of sp³-hybridized carbons (Fsp3) is 0.143. The Kier molecular flexibility index (Phi) is 12.1. The fourth-order valence-electron chi connectivity index (χ4n) is 10.4. The van der Waals surface area contributed by atoms with Crippen molar-refractivity contribution in [3.05, 3.63) is 217 Å². The second-order valence-corrected chi connectivity index (χ2v) is 19.4. The number of benzene rings is 8. The molecule has 11 aromatic rings. The molecule has 9 heteroatoms. The second-order valence-electron chi connectivity index (χ2n) is 19.4. The van der Waals surface area contributed by atoms with Crippen molar-refractivity contribution in [1.29, 1.82) is 0 Å². The molecule has 6 nitrogen and oxygen atoms in total. The molecule has 4 heterocycles. The molecular weight excluding hydrogens is 1080 g/mol. The monoisotopic (exact) mass is 1130 g/mol. The zero-order valence-electron chi connectivity index (χ0n) is 40.7. The van der Waals surface area contributed by atoms with Crippen LogP contribution in [0.1, 0.15) is 76.0 Å². The van der Waals surface area contributed by atoms with Gasteiger partial charge in [0.2, 0.25) is 0 Å². The van der Waals surface area contributed by atoms with Crippen LogP contribution in [0.4, 0.5) is 31.5 Å². The molecule has 8 aromatic carbocycles. The van der Waals surface area contributed by atoms with Gasteiger partial charge in [-0.25, -0.2) is 13.8 Å². The third-order valence-electron chi connectivity index (χ3n) is 13.9. The third kappa shape index (κ3) is 7.93. The molecule has 0 saturated heterocycles. The van der Waals surface area contributed by atoms with Crippen molar-refractivity contribution >= 4 is 66.4 Å². The van der Waals surface area contributed by atoms with Gasteiger partial charge in [0.15, 0.2) is 0 Å². The van der Waals surface area contributed by atoms with Crippen LogP contribution in [0.15, 0.2) is 170 Å². The summed E-state index contributed by atoms with van der Waals surface area (Å²) in [6.45, 7) is 15.3. The summed E-state index contributed by atoms with van der Waals surface area (Å²) in [5, 5.41) is 4.45. The second kappa shape index (κ2) is 18.6. The zero-order valence-corrected chi connectivity index (χ0v) is 43.0. The maximum atomic E-state index is 15.6. The number of ether oxygens (including phenoxy) is 1. The van der Waals surface area contributed by atoms with Crippen LogP contribution in [0, 0.1) is 30.4 Å². The number of hydrogen-bond donors (Lipinski definition) is 0. The number of pyridine rings is 1. The summed E-state index contributed by atoms with van der Waals surface area (Å²) < 4.78 is 41.2. The molecule has 12 rings (SSSR count). The number of nitrogens with zero attached hydrogens (tertiary/aromatic N) is 5. The topological polar surface area (TPSA) is 38.5 Å². The van der Waals surface area contributed by atoms with Crippen LogP contribution < -0.4 is 14.5 Å². The molecule has 0 atom stereocenters. The molecule has 0 fully saturated rings. The Bertz CT molecular complexity index is 3790. The smallest absolute Gasteiger partial charge is 0.135 e. The van der Waals surface area contributed by atoms with Gasteiger partial charge >= 0.3 is 0 Å². The predicted molar refractivity (Wildman–Crippen MR) is 286 cm³/mol. The van der Waals surface area contributed by atoms with E-state index in [1.165, 1.54) is 17.7 Å². The van der Waals surface area contributed by atoms with Crippen LogP contribution in [0.3, 0.4) is 0 Å². The molecule has 72 heavy (non-hydrogen) atoms. The number of fused-ring (bicyclic) bond motifs is 7. The first-order chi connectivity index (χ1) is 34.5. The Morgan fingerprint density at radius 1 is 0.542 bits per heavy atom. The SMILES string of the molecule is CC(C)c1ccc2c(c1)N(c1c(C(C)C)cc(-c3ccc(F)cc3F)cc1C(C)C)[CH-]N2c1[c-]c(Oc2[c-]c3c(cc2)c2ccccc2n3-c2ccccn2)cc(-n2c3ccccc3c3ccccc32)c1.[Pt]. The minimum absolute atomic E-state index is 0. The van der Waals surface area contributed by atoms with Crippen molar-refractivity contribution in [2.75, 3.05) is 9.80 Å². The normalized spacial score (nSPS) is 12.6. The van der Waals surface area contributed by atoms with E-state index in [4.69, 9.17) is 9.72 Å². The Labute approximate surface area is 433 Å². The maximum Gasteiger partial charge on any atom is 0.135 e. The molecule has 360 valence electrons. The molecule has 0 radical (unpaired) electrons. The van der Waals surface area contributed by atoms with E-state index >= 15 is 4.39 Å². The van der Waals surface area contributed by atoms with Crippen LogP contribution >= 0.6 is 0 Å². The van der Waals surface area contributed by atoms with Gasteiger partial charge in [-0.2, -0.15) is 6.07 Å². The van der Waals surface area contributed by atoms with Crippen molar-refractivity contribution in [2.24, 2.45) is 0 Å². The summed E-state index contributed by atoms with van der Waals surface area (Å²) in [6, 6.07) is 61.7. The molecule has 0 unspecified atom stereocenters. The van der Waals surface area contributed by atoms with Crippen LogP contribution in [0.25, 0.3) is 66.2 Å². The number of aromatic nitrogens is 3. The van der Waals surface area contributed by atoms with E-state index in [0.717, 1.165) is 101 Å². The Hall–Kier alpha value is -7.54. The van der Waals surface area contributed by atoms with E-state index in [1.54, 1.807) is 0 Å². The molecule has 0 aliphatic carbocycles. The van der Waals surface area contributed by atoms with Crippen molar-refractivity contribution in [2.45, 2.75) is 59.3 Å². The molecule has 0 amide bonds. The first-order valence-corrected chi connectivity index (χ1v) is 24.3. The van der Waals surface area contributed by atoms with E-state index < -0.39 is 11.6 Å². The van der Waals surface area contributed by atoms with Gasteiger partial charge in [0.1, 0.15) is 17.5 Å².